The number of likely N-dealkylation sites (N-methyl/N-ethyl adjacent to an activating group) is 1. The average molecular weight is 528 g/mol. The minimum Gasteiger partial charge on any atom is -0.493 e. The quantitative estimate of drug-likeness (QED) is 0.278. The zero-order valence-electron chi connectivity index (χ0n) is 18.4. The van der Waals surface area contributed by atoms with Crippen LogP contribution in [-0.4, -0.2) is 58.9 Å². The van der Waals surface area contributed by atoms with Crippen molar-refractivity contribution in [3.05, 3.63) is 48.0 Å². The summed E-state index contributed by atoms with van der Waals surface area (Å²) in [7, 11) is 7.43. The molecule has 0 aliphatic carbocycles. The first kappa shape index (κ1) is 25.8. The number of methoxy groups -OCH3 is 1. The van der Waals surface area contributed by atoms with E-state index < -0.39 is 0 Å². The molecule has 0 amide bonds. The van der Waals surface area contributed by atoms with E-state index in [0.717, 1.165) is 23.5 Å². The van der Waals surface area contributed by atoms with Gasteiger partial charge in [0.25, 0.3) is 0 Å². The standard InChI is InChI=1S/C22H32N4O3.HI/c1-6-28-21-15-18(11-12-20(21)27-5)25-22(23-2)24-16-17-9-7-8-10-19(17)29-14-13-26(3)4;/h7-12,15H,6,13-14,16H2,1-5H3,(H2,23,24,25);1H. The monoisotopic (exact) mass is 528 g/mol. The van der Waals surface area contributed by atoms with Gasteiger partial charge in [-0.15, -0.1) is 24.0 Å². The van der Waals surface area contributed by atoms with Crippen molar-refractivity contribution >= 4 is 35.6 Å². The van der Waals surface area contributed by atoms with Crippen molar-refractivity contribution in [3.8, 4) is 17.2 Å². The first-order valence-corrected chi connectivity index (χ1v) is 9.71. The molecule has 0 aliphatic rings. The largest absolute Gasteiger partial charge is 0.493 e. The SMILES string of the molecule is CCOc1cc(NC(=NC)NCc2ccccc2OCCN(C)C)ccc1OC.I. The first-order chi connectivity index (χ1) is 14.1. The van der Waals surface area contributed by atoms with Gasteiger partial charge in [0, 0.05) is 37.5 Å². The molecule has 7 nitrogen and oxygen atoms in total. The number of guanidine groups is 1. The Morgan fingerprint density at radius 3 is 2.47 bits per heavy atom. The van der Waals surface area contributed by atoms with E-state index >= 15 is 0 Å². The van der Waals surface area contributed by atoms with Crippen LogP contribution in [0.4, 0.5) is 5.69 Å². The number of aliphatic imine (C=N–C) groups is 1. The Morgan fingerprint density at radius 2 is 1.80 bits per heavy atom. The second-order valence-electron chi connectivity index (χ2n) is 6.61. The summed E-state index contributed by atoms with van der Waals surface area (Å²) in [5.41, 5.74) is 1.93. The van der Waals surface area contributed by atoms with Gasteiger partial charge >= 0.3 is 0 Å². The lowest BCUT2D eigenvalue weighted by atomic mass is 10.2. The van der Waals surface area contributed by atoms with E-state index in [1.807, 2.05) is 63.5 Å². The highest BCUT2D eigenvalue weighted by Gasteiger charge is 2.08. The summed E-state index contributed by atoms with van der Waals surface area (Å²) < 4.78 is 16.9. The number of anilines is 1. The van der Waals surface area contributed by atoms with Gasteiger partial charge < -0.3 is 29.7 Å². The van der Waals surface area contributed by atoms with Crippen molar-refractivity contribution in [2.45, 2.75) is 13.5 Å². The Bertz CT molecular complexity index is 800. The average Bonchev–Trinajstić information content (AvgIpc) is 2.72. The van der Waals surface area contributed by atoms with Crippen molar-refractivity contribution in [2.24, 2.45) is 4.99 Å². The number of hydrogen-bond donors (Lipinski definition) is 2. The lowest BCUT2D eigenvalue weighted by Gasteiger charge is -2.17. The molecule has 0 saturated carbocycles. The van der Waals surface area contributed by atoms with Gasteiger partial charge in [-0.3, -0.25) is 4.99 Å². The van der Waals surface area contributed by atoms with Crippen molar-refractivity contribution < 1.29 is 14.2 Å². The minimum absolute atomic E-state index is 0. The maximum atomic E-state index is 5.93. The van der Waals surface area contributed by atoms with Gasteiger partial charge in [0.05, 0.1) is 13.7 Å². The molecule has 0 radical (unpaired) electrons. The smallest absolute Gasteiger partial charge is 0.195 e. The third-order valence-corrected chi connectivity index (χ3v) is 4.16. The molecule has 0 unspecified atom stereocenters. The molecule has 0 saturated heterocycles. The molecule has 0 aliphatic heterocycles. The Morgan fingerprint density at radius 1 is 1.03 bits per heavy atom. The normalized spacial score (nSPS) is 10.9. The van der Waals surface area contributed by atoms with Crippen LogP contribution < -0.4 is 24.8 Å². The predicted molar refractivity (Wildman–Crippen MR) is 134 cm³/mol. The Balaban J connectivity index is 0.00000450. The van der Waals surface area contributed by atoms with Gasteiger partial charge in [0.1, 0.15) is 12.4 Å². The molecular weight excluding hydrogens is 495 g/mol. The van der Waals surface area contributed by atoms with Crippen molar-refractivity contribution in [1.82, 2.24) is 10.2 Å². The van der Waals surface area contributed by atoms with E-state index in [1.54, 1.807) is 14.2 Å². The van der Waals surface area contributed by atoms with Gasteiger partial charge in [0.2, 0.25) is 0 Å². The molecule has 0 aromatic heterocycles. The van der Waals surface area contributed by atoms with Crippen LogP contribution in [0.5, 0.6) is 17.2 Å². The summed E-state index contributed by atoms with van der Waals surface area (Å²) in [5, 5.41) is 6.61. The highest BCUT2D eigenvalue weighted by atomic mass is 127. The number of nitrogens with zero attached hydrogens (tertiary/aromatic N) is 2. The van der Waals surface area contributed by atoms with Gasteiger partial charge in [-0.1, -0.05) is 18.2 Å². The highest BCUT2D eigenvalue weighted by Crippen LogP contribution is 2.30. The maximum absolute atomic E-state index is 5.93. The molecule has 2 N–H and O–H groups in total. The highest BCUT2D eigenvalue weighted by molar-refractivity contribution is 14.0. The number of para-hydroxylation sites is 1. The molecule has 0 spiro atoms. The van der Waals surface area contributed by atoms with Crippen LogP contribution in [0.2, 0.25) is 0 Å². The van der Waals surface area contributed by atoms with E-state index in [9.17, 15) is 0 Å². The van der Waals surface area contributed by atoms with Crippen molar-refractivity contribution in [2.75, 3.05) is 53.3 Å². The van der Waals surface area contributed by atoms with Crippen LogP contribution in [0.25, 0.3) is 0 Å². The predicted octanol–water partition coefficient (Wildman–Crippen LogP) is 3.84. The summed E-state index contributed by atoms with van der Waals surface area (Å²) in [6.07, 6.45) is 0. The number of ether oxygens (including phenoxy) is 3. The summed E-state index contributed by atoms with van der Waals surface area (Å²) in [5.74, 6) is 2.92. The zero-order chi connectivity index (χ0) is 21.1. The summed E-state index contributed by atoms with van der Waals surface area (Å²) >= 11 is 0. The molecule has 2 rings (SSSR count). The van der Waals surface area contributed by atoms with E-state index in [1.165, 1.54) is 0 Å². The lowest BCUT2D eigenvalue weighted by molar-refractivity contribution is 0.259. The van der Waals surface area contributed by atoms with Crippen molar-refractivity contribution in [1.29, 1.82) is 0 Å². The first-order valence-electron chi connectivity index (χ1n) is 9.71. The van der Waals surface area contributed by atoms with Gasteiger partial charge in [-0.25, -0.2) is 0 Å². The Hall–Kier alpha value is -2.20. The van der Waals surface area contributed by atoms with Crippen molar-refractivity contribution in [3.63, 3.8) is 0 Å². The fourth-order valence-corrected chi connectivity index (χ4v) is 2.65. The molecule has 0 atom stereocenters. The summed E-state index contributed by atoms with van der Waals surface area (Å²) in [6.45, 7) is 4.61. The van der Waals surface area contributed by atoms with Gasteiger partial charge in [-0.05, 0) is 39.2 Å². The van der Waals surface area contributed by atoms with E-state index in [-0.39, 0.29) is 24.0 Å². The number of halogens is 1. The number of nitrogens with one attached hydrogen (secondary N) is 2. The number of hydrogen-bond acceptors (Lipinski definition) is 5. The topological polar surface area (TPSA) is 67.3 Å². The molecule has 30 heavy (non-hydrogen) atoms. The van der Waals surface area contributed by atoms with Gasteiger partial charge in [0.15, 0.2) is 17.5 Å². The summed E-state index contributed by atoms with van der Waals surface area (Å²) in [6, 6.07) is 13.7. The minimum atomic E-state index is 0. The second kappa shape index (κ2) is 13.9. The van der Waals surface area contributed by atoms with E-state index in [0.29, 0.717) is 37.2 Å². The molecular formula is C22H33IN4O3. The number of benzene rings is 2. The van der Waals surface area contributed by atoms with Crippen LogP contribution in [0, 0.1) is 0 Å². The number of rotatable bonds is 10. The fraction of sp³-hybridized carbons (Fsp3) is 0.409. The summed E-state index contributed by atoms with van der Waals surface area (Å²) in [4.78, 5) is 6.40. The second-order valence-corrected chi connectivity index (χ2v) is 6.61. The zero-order valence-corrected chi connectivity index (χ0v) is 20.7. The van der Waals surface area contributed by atoms with Crippen LogP contribution in [-0.2, 0) is 6.54 Å². The molecule has 0 bridgehead atoms. The fourth-order valence-electron chi connectivity index (χ4n) is 2.65. The lowest BCUT2D eigenvalue weighted by Crippen LogP contribution is -2.30. The van der Waals surface area contributed by atoms with Crippen LogP contribution in [0.1, 0.15) is 12.5 Å². The van der Waals surface area contributed by atoms with Crippen LogP contribution in [0.15, 0.2) is 47.5 Å². The van der Waals surface area contributed by atoms with Crippen LogP contribution in [0.3, 0.4) is 0 Å². The van der Waals surface area contributed by atoms with Gasteiger partial charge in [-0.2, -0.15) is 0 Å². The van der Waals surface area contributed by atoms with E-state index in [4.69, 9.17) is 14.2 Å². The molecule has 8 heteroatoms. The molecule has 0 fully saturated rings. The van der Waals surface area contributed by atoms with Crippen LogP contribution >= 0.6 is 24.0 Å². The Kier molecular flexibility index (Phi) is 12.0. The molecule has 2 aromatic carbocycles. The van der Waals surface area contributed by atoms with E-state index in [2.05, 4.69) is 20.5 Å². The Labute approximate surface area is 196 Å². The molecule has 2 aromatic rings. The third kappa shape index (κ3) is 8.27. The third-order valence-electron chi connectivity index (χ3n) is 4.16. The molecule has 166 valence electrons. The molecule has 0 heterocycles. The maximum Gasteiger partial charge on any atom is 0.195 e.